The Labute approximate surface area is 138 Å². The molecule has 1 aromatic rings. The van der Waals surface area contributed by atoms with Crippen molar-refractivity contribution in [1.29, 1.82) is 0 Å². The van der Waals surface area contributed by atoms with Crippen LogP contribution in [0.3, 0.4) is 0 Å². The Morgan fingerprint density at radius 3 is 2.91 bits per heavy atom. The van der Waals surface area contributed by atoms with E-state index in [9.17, 15) is 4.79 Å². The van der Waals surface area contributed by atoms with Crippen molar-refractivity contribution in [3.8, 4) is 0 Å². The van der Waals surface area contributed by atoms with Crippen LogP contribution < -0.4 is 0 Å². The molecule has 1 aromatic heterocycles. The van der Waals surface area contributed by atoms with Crippen LogP contribution in [0.1, 0.15) is 37.7 Å². The maximum Gasteiger partial charge on any atom is 0.223 e. The molecule has 0 unspecified atom stereocenters. The van der Waals surface area contributed by atoms with Crippen LogP contribution in [0, 0.1) is 0 Å². The van der Waals surface area contributed by atoms with Gasteiger partial charge in [0, 0.05) is 57.5 Å². The predicted molar refractivity (Wildman–Crippen MR) is 87.9 cm³/mol. The lowest BCUT2D eigenvalue weighted by molar-refractivity contribution is -0.132. The first-order valence-corrected chi connectivity index (χ1v) is 8.62. The number of amides is 1. The van der Waals surface area contributed by atoms with Gasteiger partial charge in [-0.3, -0.25) is 14.4 Å². The molecule has 0 bridgehead atoms. The number of carbonyl (C=O) groups is 1. The number of nitrogens with zero attached hydrogens (tertiary/aromatic N) is 4. The van der Waals surface area contributed by atoms with Crippen LogP contribution in [0.25, 0.3) is 0 Å². The first-order chi connectivity index (χ1) is 11.1. The van der Waals surface area contributed by atoms with Gasteiger partial charge in [0.25, 0.3) is 0 Å². The van der Waals surface area contributed by atoms with Crippen LogP contribution in [-0.2, 0) is 23.1 Å². The summed E-state index contributed by atoms with van der Waals surface area (Å²) in [5.74, 6) is 0.308. The van der Waals surface area contributed by atoms with Gasteiger partial charge in [0.15, 0.2) is 0 Å². The van der Waals surface area contributed by atoms with Crippen LogP contribution in [-0.4, -0.2) is 64.4 Å². The number of hydrogen-bond donors (Lipinski definition) is 0. The monoisotopic (exact) mass is 320 g/mol. The zero-order chi connectivity index (χ0) is 16.3. The van der Waals surface area contributed by atoms with E-state index < -0.39 is 0 Å². The van der Waals surface area contributed by atoms with E-state index in [2.05, 4.69) is 21.1 Å². The standard InChI is InChI=1S/C17H28N4O2/c1-19-13-15(12-18-19)14-20-8-3-5-17(7-9-20)6-4-16(22)21(17)10-11-23-2/h12-13H,3-11,14H2,1-2H3/t17-/m1/s1. The van der Waals surface area contributed by atoms with Gasteiger partial charge in [-0.25, -0.2) is 0 Å². The van der Waals surface area contributed by atoms with Gasteiger partial charge in [0.05, 0.1) is 12.8 Å². The maximum atomic E-state index is 12.3. The molecule has 0 radical (unpaired) electrons. The first-order valence-electron chi connectivity index (χ1n) is 8.62. The molecule has 1 amide bonds. The SMILES string of the molecule is COCCN1C(=O)CC[C@@]12CCCN(Cc1cnn(C)c1)CC2. The van der Waals surface area contributed by atoms with Crippen molar-refractivity contribution in [3.05, 3.63) is 18.0 Å². The Bertz CT molecular complexity index is 544. The average Bonchev–Trinajstić information content (AvgIpc) is 2.99. The van der Waals surface area contributed by atoms with Crippen LogP contribution >= 0.6 is 0 Å². The first kappa shape index (κ1) is 16.5. The molecule has 1 atom stereocenters. The molecule has 2 aliphatic heterocycles. The van der Waals surface area contributed by atoms with E-state index in [0.717, 1.165) is 51.9 Å². The quantitative estimate of drug-likeness (QED) is 0.823. The van der Waals surface area contributed by atoms with Crippen LogP contribution in [0.5, 0.6) is 0 Å². The van der Waals surface area contributed by atoms with E-state index in [1.54, 1.807) is 7.11 Å². The van der Waals surface area contributed by atoms with Gasteiger partial charge in [-0.15, -0.1) is 0 Å². The topological polar surface area (TPSA) is 50.6 Å². The predicted octanol–water partition coefficient (Wildman–Crippen LogP) is 1.41. The van der Waals surface area contributed by atoms with Crippen molar-refractivity contribution < 1.29 is 9.53 Å². The highest BCUT2D eigenvalue weighted by molar-refractivity contribution is 5.79. The van der Waals surface area contributed by atoms with Crippen LogP contribution in [0.4, 0.5) is 0 Å². The Balaban J connectivity index is 1.63. The van der Waals surface area contributed by atoms with Crippen molar-refractivity contribution >= 4 is 5.91 Å². The Morgan fingerprint density at radius 2 is 2.17 bits per heavy atom. The van der Waals surface area contributed by atoms with Gasteiger partial charge in [0.1, 0.15) is 0 Å². The summed E-state index contributed by atoms with van der Waals surface area (Å²) < 4.78 is 7.06. The van der Waals surface area contributed by atoms with Crippen molar-refractivity contribution in [3.63, 3.8) is 0 Å². The molecule has 3 rings (SSSR count). The number of ether oxygens (including phenoxy) is 1. The van der Waals surface area contributed by atoms with Gasteiger partial charge in [-0.2, -0.15) is 5.10 Å². The molecule has 0 saturated carbocycles. The van der Waals surface area contributed by atoms with Gasteiger partial charge < -0.3 is 9.64 Å². The van der Waals surface area contributed by atoms with Crippen molar-refractivity contribution in [2.75, 3.05) is 33.4 Å². The second-order valence-corrected chi connectivity index (χ2v) is 6.91. The minimum Gasteiger partial charge on any atom is -0.383 e. The largest absolute Gasteiger partial charge is 0.383 e. The lowest BCUT2D eigenvalue weighted by atomic mass is 9.88. The molecule has 6 nitrogen and oxygen atoms in total. The number of likely N-dealkylation sites (tertiary alicyclic amines) is 2. The molecule has 23 heavy (non-hydrogen) atoms. The summed E-state index contributed by atoms with van der Waals surface area (Å²) in [5.41, 5.74) is 1.33. The highest BCUT2D eigenvalue weighted by Crippen LogP contribution is 2.39. The zero-order valence-electron chi connectivity index (χ0n) is 14.3. The number of methoxy groups -OCH3 is 1. The van der Waals surface area contributed by atoms with Gasteiger partial charge in [-0.05, 0) is 32.2 Å². The molecule has 0 N–H and O–H groups in total. The summed E-state index contributed by atoms with van der Waals surface area (Å²) in [6, 6.07) is 0. The molecular weight excluding hydrogens is 292 g/mol. The normalized spacial score (nSPS) is 26.2. The number of rotatable bonds is 5. The highest BCUT2D eigenvalue weighted by atomic mass is 16.5. The number of carbonyl (C=O) groups excluding carboxylic acids is 1. The van der Waals surface area contributed by atoms with Gasteiger partial charge in [0.2, 0.25) is 5.91 Å². The van der Waals surface area contributed by atoms with Crippen molar-refractivity contribution in [2.24, 2.45) is 7.05 Å². The van der Waals surface area contributed by atoms with Gasteiger partial charge in [-0.1, -0.05) is 0 Å². The van der Waals surface area contributed by atoms with E-state index in [0.29, 0.717) is 18.9 Å². The smallest absolute Gasteiger partial charge is 0.223 e. The molecule has 1 spiro atoms. The Hall–Kier alpha value is -1.40. The molecule has 128 valence electrons. The van der Waals surface area contributed by atoms with E-state index in [4.69, 9.17) is 4.74 Å². The molecule has 0 aromatic carbocycles. The van der Waals surface area contributed by atoms with E-state index in [-0.39, 0.29) is 5.54 Å². The van der Waals surface area contributed by atoms with Gasteiger partial charge >= 0.3 is 0 Å². The minimum absolute atomic E-state index is 0.0688. The average molecular weight is 320 g/mol. The third-order valence-corrected chi connectivity index (χ3v) is 5.37. The lowest BCUT2D eigenvalue weighted by Gasteiger charge is -2.38. The lowest BCUT2D eigenvalue weighted by Crippen LogP contribution is -2.47. The molecular formula is C17H28N4O2. The fourth-order valence-electron chi connectivity index (χ4n) is 4.14. The Morgan fingerprint density at radius 1 is 1.30 bits per heavy atom. The van der Waals surface area contributed by atoms with E-state index in [1.807, 2.05) is 17.9 Å². The zero-order valence-corrected chi connectivity index (χ0v) is 14.3. The number of hydrogen-bond acceptors (Lipinski definition) is 4. The molecule has 2 fully saturated rings. The maximum absolute atomic E-state index is 12.3. The molecule has 6 heteroatoms. The number of aromatic nitrogens is 2. The van der Waals surface area contributed by atoms with Crippen molar-refractivity contribution in [2.45, 2.75) is 44.2 Å². The van der Waals surface area contributed by atoms with Crippen LogP contribution in [0.15, 0.2) is 12.4 Å². The molecule has 3 heterocycles. The fourth-order valence-corrected chi connectivity index (χ4v) is 4.14. The minimum atomic E-state index is 0.0688. The molecule has 2 aliphatic rings. The summed E-state index contributed by atoms with van der Waals surface area (Å²) >= 11 is 0. The van der Waals surface area contributed by atoms with E-state index in [1.165, 1.54) is 5.56 Å². The third-order valence-electron chi connectivity index (χ3n) is 5.37. The summed E-state index contributed by atoms with van der Waals surface area (Å²) in [6.45, 7) is 4.47. The summed E-state index contributed by atoms with van der Waals surface area (Å²) in [6.07, 6.45) is 9.09. The number of aryl methyl sites for hydroxylation is 1. The summed E-state index contributed by atoms with van der Waals surface area (Å²) in [4.78, 5) is 16.9. The van der Waals surface area contributed by atoms with Crippen LogP contribution in [0.2, 0.25) is 0 Å². The second-order valence-electron chi connectivity index (χ2n) is 6.91. The highest BCUT2D eigenvalue weighted by Gasteiger charge is 2.45. The van der Waals surface area contributed by atoms with E-state index >= 15 is 0 Å². The second kappa shape index (κ2) is 7.01. The fraction of sp³-hybridized carbons (Fsp3) is 0.765. The Kier molecular flexibility index (Phi) is 5.02. The van der Waals surface area contributed by atoms with Crippen molar-refractivity contribution in [1.82, 2.24) is 19.6 Å². The third kappa shape index (κ3) is 3.58. The summed E-state index contributed by atoms with van der Waals surface area (Å²) in [5, 5.41) is 4.26. The molecule has 0 aliphatic carbocycles. The summed E-state index contributed by atoms with van der Waals surface area (Å²) in [7, 11) is 3.66. The molecule has 2 saturated heterocycles.